The number of hydrogen-bond acceptors (Lipinski definition) is 3. The molecule has 1 rings (SSSR count). The molecule has 0 saturated heterocycles. The minimum Gasteiger partial charge on any atom is -0.491 e. The van der Waals surface area contributed by atoms with Crippen molar-refractivity contribution in [3.8, 4) is 5.75 Å². The standard InChI is InChI=1S/C13H18F3NO2/c1-9(2)18-5-6-19-11-4-3-10(8-17)12(7-11)13(14,15)16/h3-4,7,9H,5-6,8,17H2,1-2H3. The first-order chi connectivity index (χ1) is 8.84. The van der Waals surface area contributed by atoms with Crippen LogP contribution in [0.25, 0.3) is 0 Å². The summed E-state index contributed by atoms with van der Waals surface area (Å²) in [4.78, 5) is 0. The molecule has 0 radical (unpaired) electrons. The van der Waals surface area contributed by atoms with Crippen molar-refractivity contribution in [1.29, 1.82) is 0 Å². The molecule has 0 spiro atoms. The lowest BCUT2D eigenvalue weighted by molar-refractivity contribution is -0.138. The normalized spacial score (nSPS) is 11.9. The van der Waals surface area contributed by atoms with E-state index in [0.29, 0.717) is 6.61 Å². The summed E-state index contributed by atoms with van der Waals surface area (Å²) in [5, 5.41) is 0. The zero-order chi connectivity index (χ0) is 14.5. The lowest BCUT2D eigenvalue weighted by Gasteiger charge is -2.14. The minimum atomic E-state index is -4.43. The fourth-order valence-electron chi connectivity index (χ4n) is 1.53. The third-order valence-electron chi connectivity index (χ3n) is 2.41. The van der Waals surface area contributed by atoms with E-state index in [-0.39, 0.29) is 30.6 Å². The van der Waals surface area contributed by atoms with Crippen molar-refractivity contribution in [2.75, 3.05) is 13.2 Å². The van der Waals surface area contributed by atoms with Crippen molar-refractivity contribution in [3.63, 3.8) is 0 Å². The average molecular weight is 277 g/mol. The summed E-state index contributed by atoms with van der Waals surface area (Å²) < 4.78 is 48.8. The van der Waals surface area contributed by atoms with Gasteiger partial charge in [-0.2, -0.15) is 13.2 Å². The summed E-state index contributed by atoms with van der Waals surface area (Å²) in [5.74, 6) is 0.164. The molecule has 0 bridgehead atoms. The Kier molecular flexibility index (Phi) is 5.62. The Labute approximate surface area is 110 Å². The Morgan fingerprint density at radius 3 is 2.42 bits per heavy atom. The predicted molar refractivity (Wildman–Crippen MR) is 65.9 cm³/mol. The molecule has 0 unspecified atom stereocenters. The monoisotopic (exact) mass is 277 g/mol. The minimum absolute atomic E-state index is 0.0540. The molecule has 19 heavy (non-hydrogen) atoms. The van der Waals surface area contributed by atoms with E-state index in [2.05, 4.69) is 0 Å². The topological polar surface area (TPSA) is 44.5 Å². The molecule has 0 heterocycles. The first-order valence-electron chi connectivity index (χ1n) is 5.99. The van der Waals surface area contributed by atoms with Crippen molar-refractivity contribution in [1.82, 2.24) is 0 Å². The number of ether oxygens (including phenoxy) is 2. The Bertz CT molecular complexity index is 405. The van der Waals surface area contributed by atoms with Crippen molar-refractivity contribution < 1.29 is 22.6 Å². The highest BCUT2D eigenvalue weighted by Crippen LogP contribution is 2.34. The van der Waals surface area contributed by atoms with Crippen LogP contribution in [0.15, 0.2) is 18.2 Å². The van der Waals surface area contributed by atoms with Gasteiger partial charge in [-0.05, 0) is 31.5 Å². The Hall–Kier alpha value is -1.27. The summed E-state index contributed by atoms with van der Waals surface area (Å²) in [6, 6.07) is 3.78. The summed E-state index contributed by atoms with van der Waals surface area (Å²) >= 11 is 0. The first-order valence-corrected chi connectivity index (χ1v) is 5.99. The Morgan fingerprint density at radius 1 is 1.21 bits per heavy atom. The highest BCUT2D eigenvalue weighted by Gasteiger charge is 2.33. The lowest BCUT2D eigenvalue weighted by Crippen LogP contribution is -2.14. The van der Waals surface area contributed by atoms with Gasteiger partial charge in [0.25, 0.3) is 0 Å². The highest BCUT2D eigenvalue weighted by atomic mass is 19.4. The summed E-state index contributed by atoms with van der Waals surface area (Å²) in [5.41, 5.74) is 4.59. The van der Waals surface area contributed by atoms with Crippen molar-refractivity contribution in [3.05, 3.63) is 29.3 Å². The van der Waals surface area contributed by atoms with Gasteiger partial charge >= 0.3 is 6.18 Å². The van der Waals surface area contributed by atoms with Gasteiger partial charge in [-0.1, -0.05) is 6.07 Å². The fourth-order valence-corrected chi connectivity index (χ4v) is 1.53. The number of alkyl halides is 3. The molecule has 3 nitrogen and oxygen atoms in total. The van der Waals surface area contributed by atoms with Crippen LogP contribution in [-0.4, -0.2) is 19.3 Å². The molecule has 0 aromatic heterocycles. The Morgan fingerprint density at radius 2 is 1.89 bits per heavy atom. The lowest BCUT2D eigenvalue weighted by atomic mass is 10.1. The summed E-state index contributed by atoms with van der Waals surface area (Å²) in [7, 11) is 0. The molecule has 0 aliphatic heterocycles. The number of halogens is 3. The van der Waals surface area contributed by atoms with Gasteiger partial charge in [-0.3, -0.25) is 0 Å². The molecule has 6 heteroatoms. The number of nitrogens with two attached hydrogens (primary N) is 1. The highest BCUT2D eigenvalue weighted by molar-refractivity contribution is 5.37. The average Bonchev–Trinajstić information content (AvgIpc) is 2.33. The SMILES string of the molecule is CC(C)OCCOc1ccc(CN)c(C(F)(F)F)c1. The molecule has 0 aliphatic carbocycles. The molecule has 1 aromatic carbocycles. The summed E-state index contributed by atoms with van der Waals surface area (Å²) in [6.45, 7) is 4.12. The number of benzene rings is 1. The quantitative estimate of drug-likeness (QED) is 0.813. The van der Waals surface area contributed by atoms with Crippen LogP contribution in [0.5, 0.6) is 5.75 Å². The maximum Gasteiger partial charge on any atom is 0.416 e. The molecule has 2 N–H and O–H groups in total. The smallest absolute Gasteiger partial charge is 0.416 e. The second-order valence-corrected chi connectivity index (χ2v) is 4.29. The number of rotatable bonds is 6. The van der Waals surface area contributed by atoms with Gasteiger partial charge in [0, 0.05) is 6.54 Å². The molecule has 0 fully saturated rings. The zero-order valence-electron chi connectivity index (χ0n) is 11.0. The summed E-state index contributed by atoms with van der Waals surface area (Å²) in [6.07, 6.45) is -4.36. The van der Waals surface area contributed by atoms with E-state index in [0.717, 1.165) is 6.07 Å². The van der Waals surface area contributed by atoms with Gasteiger partial charge in [-0.15, -0.1) is 0 Å². The maximum atomic E-state index is 12.8. The van der Waals surface area contributed by atoms with E-state index in [4.69, 9.17) is 15.2 Å². The van der Waals surface area contributed by atoms with Crippen LogP contribution >= 0.6 is 0 Å². The van der Waals surface area contributed by atoms with Crippen LogP contribution in [0.1, 0.15) is 25.0 Å². The van der Waals surface area contributed by atoms with Crippen molar-refractivity contribution in [2.24, 2.45) is 5.73 Å². The van der Waals surface area contributed by atoms with Gasteiger partial charge in [0.2, 0.25) is 0 Å². The van der Waals surface area contributed by atoms with Gasteiger partial charge in [-0.25, -0.2) is 0 Å². The van der Waals surface area contributed by atoms with E-state index < -0.39 is 11.7 Å². The van der Waals surface area contributed by atoms with Gasteiger partial charge in [0.05, 0.1) is 18.3 Å². The molecular weight excluding hydrogens is 259 g/mol. The molecule has 108 valence electrons. The van der Waals surface area contributed by atoms with Crippen LogP contribution < -0.4 is 10.5 Å². The van der Waals surface area contributed by atoms with E-state index in [9.17, 15) is 13.2 Å². The van der Waals surface area contributed by atoms with Crippen LogP contribution in [0.2, 0.25) is 0 Å². The van der Waals surface area contributed by atoms with Gasteiger partial charge in [0.1, 0.15) is 12.4 Å². The molecule has 0 saturated carbocycles. The zero-order valence-corrected chi connectivity index (χ0v) is 11.0. The van der Waals surface area contributed by atoms with Crippen LogP contribution in [-0.2, 0) is 17.5 Å². The number of hydrogen-bond donors (Lipinski definition) is 1. The van der Waals surface area contributed by atoms with Gasteiger partial charge < -0.3 is 15.2 Å². The van der Waals surface area contributed by atoms with Crippen LogP contribution in [0.4, 0.5) is 13.2 Å². The van der Waals surface area contributed by atoms with Crippen molar-refractivity contribution >= 4 is 0 Å². The van der Waals surface area contributed by atoms with Crippen molar-refractivity contribution in [2.45, 2.75) is 32.7 Å². The Balaban J connectivity index is 2.70. The first kappa shape index (κ1) is 15.8. The molecule has 1 aromatic rings. The van der Waals surface area contributed by atoms with E-state index in [1.165, 1.54) is 12.1 Å². The fraction of sp³-hybridized carbons (Fsp3) is 0.538. The van der Waals surface area contributed by atoms with Gasteiger partial charge in [0.15, 0.2) is 0 Å². The van der Waals surface area contributed by atoms with E-state index in [1.54, 1.807) is 0 Å². The third-order valence-corrected chi connectivity index (χ3v) is 2.41. The predicted octanol–water partition coefficient (Wildman–Crippen LogP) is 2.97. The largest absolute Gasteiger partial charge is 0.491 e. The third kappa shape index (κ3) is 5.08. The maximum absolute atomic E-state index is 12.8. The second kappa shape index (κ2) is 6.77. The molecule has 0 atom stereocenters. The second-order valence-electron chi connectivity index (χ2n) is 4.29. The molecular formula is C13H18F3NO2. The van der Waals surface area contributed by atoms with Crippen LogP contribution in [0, 0.1) is 0 Å². The van der Waals surface area contributed by atoms with Crippen LogP contribution in [0.3, 0.4) is 0 Å². The van der Waals surface area contributed by atoms with E-state index >= 15 is 0 Å². The molecule has 0 amide bonds. The molecule has 0 aliphatic rings. The van der Waals surface area contributed by atoms with E-state index in [1.807, 2.05) is 13.8 Å².